The summed E-state index contributed by atoms with van der Waals surface area (Å²) < 4.78 is 6.00. The smallest absolute Gasteiger partial charge is 0.347 e. The van der Waals surface area contributed by atoms with E-state index in [1.54, 1.807) is 24.4 Å². The number of carbonyl (C=O) groups excluding carboxylic acids is 1. The van der Waals surface area contributed by atoms with Crippen LogP contribution in [-0.2, 0) is 11.3 Å². The fourth-order valence-electron chi connectivity index (χ4n) is 1.44. The first-order valence-corrected chi connectivity index (χ1v) is 5.25. The SMILES string of the molecule is COC(=O)c1ccc(Cn2cccnc2=O)nc1. The summed E-state index contributed by atoms with van der Waals surface area (Å²) in [5.41, 5.74) is 0.703. The molecule has 18 heavy (non-hydrogen) atoms. The number of carbonyl (C=O) groups is 1. The number of esters is 1. The van der Waals surface area contributed by atoms with Crippen LogP contribution in [0.2, 0.25) is 0 Å². The molecule has 0 amide bonds. The van der Waals surface area contributed by atoms with Crippen LogP contribution in [0.3, 0.4) is 0 Å². The van der Waals surface area contributed by atoms with Crippen molar-refractivity contribution in [3.8, 4) is 0 Å². The number of hydrogen-bond acceptors (Lipinski definition) is 5. The van der Waals surface area contributed by atoms with Gasteiger partial charge >= 0.3 is 11.7 Å². The Morgan fingerprint density at radius 3 is 2.83 bits per heavy atom. The van der Waals surface area contributed by atoms with Crippen LogP contribution in [0.5, 0.6) is 0 Å². The fraction of sp³-hybridized carbons (Fsp3) is 0.167. The van der Waals surface area contributed by atoms with Gasteiger partial charge in [0.2, 0.25) is 0 Å². The first-order valence-electron chi connectivity index (χ1n) is 5.25. The molecule has 0 aromatic carbocycles. The summed E-state index contributed by atoms with van der Waals surface area (Å²) in [6.07, 6.45) is 4.49. The lowest BCUT2D eigenvalue weighted by Crippen LogP contribution is -2.22. The molecule has 2 heterocycles. The number of aromatic nitrogens is 3. The average molecular weight is 245 g/mol. The van der Waals surface area contributed by atoms with E-state index in [9.17, 15) is 9.59 Å². The third kappa shape index (κ3) is 2.60. The monoisotopic (exact) mass is 245 g/mol. The van der Waals surface area contributed by atoms with E-state index in [4.69, 9.17) is 0 Å². The third-order valence-corrected chi connectivity index (χ3v) is 2.36. The molecule has 0 bridgehead atoms. The second-order valence-corrected chi connectivity index (χ2v) is 3.56. The third-order valence-electron chi connectivity index (χ3n) is 2.36. The van der Waals surface area contributed by atoms with E-state index in [0.29, 0.717) is 17.8 Å². The van der Waals surface area contributed by atoms with Gasteiger partial charge < -0.3 is 4.74 Å². The highest BCUT2D eigenvalue weighted by Gasteiger charge is 2.06. The summed E-state index contributed by atoms with van der Waals surface area (Å²) in [5.74, 6) is -0.437. The van der Waals surface area contributed by atoms with E-state index in [-0.39, 0.29) is 5.69 Å². The summed E-state index contributed by atoms with van der Waals surface area (Å²) in [4.78, 5) is 30.3. The van der Waals surface area contributed by atoms with Crippen LogP contribution >= 0.6 is 0 Å². The van der Waals surface area contributed by atoms with E-state index in [1.807, 2.05) is 0 Å². The van der Waals surface area contributed by atoms with Gasteiger partial charge in [0.15, 0.2) is 0 Å². The summed E-state index contributed by atoms with van der Waals surface area (Å²) >= 11 is 0. The number of pyridine rings is 1. The van der Waals surface area contributed by atoms with Crippen molar-refractivity contribution in [2.45, 2.75) is 6.54 Å². The molecule has 0 fully saturated rings. The van der Waals surface area contributed by atoms with Crippen LogP contribution < -0.4 is 5.69 Å². The molecular formula is C12H11N3O3. The van der Waals surface area contributed by atoms with Gasteiger partial charge in [0.05, 0.1) is 24.9 Å². The fourth-order valence-corrected chi connectivity index (χ4v) is 1.44. The van der Waals surface area contributed by atoms with Crippen LogP contribution in [0.1, 0.15) is 16.1 Å². The molecule has 0 unspecified atom stereocenters. The van der Waals surface area contributed by atoms with Crippen LogP contribution in [0.25, 0.3) is 0 Å². The zero-order chi connectivity index (χ0) is 13.0. The van der Waals surface area contributed by atoms with Crippen molar-refractivity contribution in [3.05, 3.63) is 58.5 Å². The van der Waals surface area contributed by atoms with Crippen LogP contribution in [-0.4, -0.2) is 27.6 Å². The van der Waals surface area contributed by atoms with Crippen molar-refractivity contribution >= 4 is 5.97 Å². The van der Waals surface area contributed by atoms with E-state index in [2.05, 4.69) is 14.7 Å². The predicted octanol–water partition coefficient (Wildman–Crippen LogP) is 0.473. The molecule has 0 aliphatic rings. The molecule has 0 spiro atoms. The lowest BCUT2D eigenvalue weighted by molar-refractivity contribution is 0.0600. The summed E-state index contributed by atoms with van der Waals surface area (Å²) in [6.45, 7) is 0.314. The van der Waals surface area contributed by atoms with Crippen LogP contribution in [0, 0.1) is 0 Å². The molecule has 0 aliphatic heterocycles. The van der Waals surface area contributed by atoms with Gasteiger partial charge in [0, 0.05) is 18.6 Å². The number of rotatable bonds is 3. The zero-order valence-corrected chi connectivity index (χ0v) is 9.74. The summed E-state index contributed by atoms with van der Waals surface area (Å²) in [7, 11) is 1.31. The van der Waals surface area contributed by atoms with Crippen molar-refractivity contribution in [3.63, 3.8) is 0 Å². The maximum Gasteiger partial charge on any atom is 0.347 e. The topological polar surface area (TPSA) is 74.1 Å². The van der Waals surface area contributed by atoms with E-state index >= 15 is 0 Å². The highest BCUT2D eigenvalue weighted by atomic mass is 16.5. The lowest BCUT2D eigenvalue weighted by Gasteiger charge is -2.04. The molecule has 0 radical (unpaired) electrons. The van der Waals surface area contributed by atoms with Gasteiger partial charge in [0.25, 0.3) is 0 Å². The quantitative estimate of drug-likeness (QED) is 0.735. The van der Waals surface area contributed by atoms with Crippen molar-refractivity contribution in [2.75, 3.05) is 7.11 Å². The molecule has 0 N–H and O–H groups in total. The second-order valence-electron chi connectivity index (χ2n) is 3.56. The molecule has 0 saturated heterocycles. The Hall–Kier alpha value is -2.50. The molecular weight excluding hydrogens is 234 g/mol. The Labute approximate surface area is 103 Å². The molecule has 2 aromatic heterocycles. The maximum absolute atomic E-state index is 11.4. The Bertz CT molecular complexity index is 604. The summed E-state index contributed by atoms with van der Waals surface area (Å²) in [5, 5.41) is 0. The molecule has 92 valence electrons. The Balaban J connectivity index is 2.19. The van der Waals surface area contributed by atoms with E-state index < -0.39 is 5.97 Å². The van der Waals surface area contributed by atoms with Crippen molar-refractivity contribution < 1.29 is 9.53 Å². The highest BCUT2D eigenvalue weighted by Crippen LogP contribution is 2.02. The number of hydrogen-bond donors (Lipinski definition) is 0. The normalized spacial score (nSPS) is 10.1. The Morgan fingerprint density at radius 2 is 2.22 bits per heavy atom. The van der Waals surface area contributed by atoms with Crippen molar-refractivity contribution in [2.24, 2.45) is 0 Å². The molecule has 0 aliphatic carbocycles. The molecule has 2 aromatic rings. The zero-order valence-electron chi connectivity index (χ0n) is 9.74. The minimum Gasteiger partial charge on any atom is -0.465 e. The van der Waals surface area contributed by atoms with Gasteiger partial charge in [-0.3, -0.25) is 9.55 Å². The van der Waals surface area contributed by atoms with Gasteiger partial charge in [-0.25, -0.2) is 14.6 Å². The molecule has 0 atom stereocenters. The molecule has 2 rings (SSSR count). The van der Waals surface area contributed by atoms with Gasteiger partial charge in [0.1, 0.15) is 0 Å². The van der Waals surface area contributed by atoms with Crippen molar-refractivity contribution in [1.29, 1.82) is 0 Å². The highest BCUT2D eigenvalue weighted by molar-refractivity contribution is 5.88. The van der Waals surface area contributed by atoms with E-state index in [1.165, 1.54) is 24.1 Å². The Morgan fingerprint density at radius 1 is 1.39 bits per heavy atom. The number of nitrogens with zero attached hydrogens (tertiary/aromatic N) is 3. The lowest BCUT2D eigenvalue weighted by atomic mass is 10.2. The standard InChI is InChI=1S/C12H11N3O3/c1-18-11(16)9-3-4-10(14-7-9)8-15-6-2-5-13-12(15)17/h2-7H,8H2,1H3. The first kappa shape index (κ1) is 12.0. The maximum atomic E-state index is 11.4. The van der Waals surface area contributed by atoms with Crippen LogP contribution in [0.4, 0.5) is 0 Å². The number of ether oxygens (including phenoxy) is 1. The molecule has 6 nitrogen and oxygen atoms in total. The van der Waals surface area contributed by atoms with Gasteiger partial charge in [-0.05, 0) is 18.2 Å². The van der Waals surface area contributed by atoms with Gasteiger partial charge in [-0.2, -0.15) is 0 Å². The Kier molecular flexibility index (Phi) is 3.47. The summed E-state index contributed by atoms with van der Waals surface area (Å²) in [6, 6.07) is 4.95. The number of methoxy groups -OCH3 is 1. The van der Waals surface area contributed by atoms with Gasteiger partial charge in [-0.15, -0.1) is 0 Å². The van der Waals surface area contributed by atoms with Crippen molar-refractivity contribution in [1.82, 2.24) is 14.5 Å². The van der Waals surface area contributed by atoms with Gasteiger partial charge in [-0.1, -0.05) is 0 Å². The second kappa shape index (κ2) is 5.22. The largest absolute Gasteiger partial charge is 0.465 e. The molecule has 0 saturated carbocycles. The minimum atomic E-state index is -0.437. The van der Waals surface area contributed by atoms with E-state index in [0.717, 1.165) is 0 Å². The molecule has 6 heteroatoms. The predicted molar refractivity (Wildman–Crippen MR) is 63.2 cm³/mol. The van der Waals surface area contributed by atoms with Crippen LogP contribution in [0.15, 0.2) is 41.6 Å². The average Bonchev–Trinajstić information content (AvgIpc) is 2.41. The minimum absolute atomic E-state index is 0.314. The first-order chi connectivity index (χ1) is 8.70.